The zero-order valence-electron chi connectivity index (χ0n) is 18.1. The summed E-state index contributed by atoms with van der Waals surface area (Å²) in [6, 6.07) is 0.483. The molecule has 162 valence electrons. The molecule has 0 unspecified atom stereocenters. The lowest BCUT2D eigenvalue weighted by molar-refractivity contribution is -0.132. The topological polar surface area (TPSA) is 65.1 Å². The first-order valence-corrected chi connectivity index (χ1v) is 11.0. The van der Waals surface area contributed by atoms with E-state index in [0.29, 0.717) is 24.9 Å². The van der Waals surface area contributed by atoms with Gasteiger partial charge in [-0.1, -0.05) is 6.92 Å². The minimum absolute atomic E-state index is 0.0734. The van der Waals surface area contributed by atoms with Crippen molar-refractivity contribution in [2.45, 2.75) is 52.0 Å². The Hall–Kier alpha value is -1.18. The zero-order chi connectivity index (χ0) is 20.4. The summed E-state index contributed by atoms with van der Waals surface area (Å²) in [5, 5.41) is 2.76. The third-order valence-electron chi connectivity index (χ3n) is 6.20. The maximum absolute atomic E-state index is 12.9. The molecule has 0 saturated carbocycles. The number of nitrogens with zero attached hydrogens (tertiary/aromatic N) is 3. The van der Waals surface area contributed by atoms with Gasteiger partial charge in [0, 0.05) is 52.7 Å². The van der Waals surface area contributed by atoms with Crippen molar-refractivity contribution < 1.29 is 14.3 Å². The van der Waals surface area contributed by atoms with Crippen molar-refractivity contribution >= 4 is 11.8 Å². The molecule has 2 heterocycles. The van der Waals surface area contributed by atoms with Gasteiger partial charge in [-0.05, 0) is 57.8 Å². The van der Waals surface area contributed by atoms with Gasteiger partial charge >= 0.3 is 0 Å². The lowest BCUT2D eigenvalue weighted by Crippen LogP contribution is -2.47. The van der Waals surface area contributed by atoms with E-state index >= 15 is 0 Å². The van der Waals surface area contributed by atoms with Gasteiger partial charge in [0.2, 0.25) is 11.8 Å². The fourth-order valence-corrected chi connectivity index (χ4v) is 4.48. The van der Waals surface area contributed by atoms with Gasteiger partial charge in [0.25, 0.3) is 0 Å². The number of ether oxygens (including phenoxy) is 1. The van der Waals surface area contributed by atoms with Crippen molar-refractivity contribution in [3.05, 3.63) is 0 Å². The molecule has 2 aliphatic heterocycles. The highest BCUT2D eigenvalue weighted by Crippen LogP contribution is 2.22. The van der Waals surface area contributed by atoms with E-state index in [1.54, 1.807) is 7.11 Å². The number of carbonyl (C=O) groups is 2. The standard InChI is InChI=1S/C21H40N4O3/c1-4-24-11-5-6-20(24)17-25(21(27)7-10-22-18(2)26)16-19-8-12-23(13-9-19)14-15-28-3/h19-20H,4-17H2,1-3H3,(H,22,26)/t20-/m0/s1. The van der Waals surface area contributed by atoms with E-state index in [1.165, 1.54) is 19.8 Å². The van der Waals surface area contributed by atoms with Crippen LogP contribution in [0.4, 0.5) is 0 Å². The van der Waals surface area contributed by atoms with Crippen LogP contribution in [0, 0.1) is 5.92 Å². The lowest BCUT2D eigenvalue weighted by atomic mass is 9.95. The number of amides is 2. The molecule has 1 atom stereocenters. The van der Waals surface area contributed by atoms with Gasteiger partial charge in [-0.3, -0.25) is 14.5 Å². The first kappa shape index (κ1) is 23.1. The van der Waals surface area contributed by atoms with E-state index in [2.05, 4.69) is 26.9 Å². The van der Waals surface area contributed by atoms with Gasteiger partial charge in [-0.2, -0.15) is 0 Å². The van der Waals surface area contributed by atoms with Crippen LogP contribution < -0.4 is 5.32 Å². The van der Waals surface area contributed by atoms with Crippen molar-refractivity contribution in [3.8, 4) is 0 Å². The number of piperidine rings is 1. The summed E-state index contributed by atoms with van der Waals surface area (Å²) in [4.78, 5) is 31.1. The van der Waals surface area contributed by atoms with Crippen molar-refractivity contribution in [3.63, 3.8) is 0 Å². The third kappa shape index (κ3) is 7.68. The van der Waals surface area contributed by atoms with Crippen LogP contribution in [0.1, 0.15) is 46.0 Å². The monoisotopic (exact) mass is 396 g/mol. The highest BCUT2D eigenvalue weighted by atomic mass is 16.5. The number of methoxy groups -OCH3 is 1. The van der Waals surface area contributed by atoms with Crippen molar-refractivity contribution in [2.75, 3.05) is 66.1 Å². The van der Waals surface area contributed by atoms with E-state index in [1.807, 2.05) is 0 Å². The predicted octanol–water partition coefficient (Wildman–Crippen LogP) is 1.18. The molecule has 0 aromatic heterocycles. The summed E-state index contributed by atoms with van der Waals surface area (Å²) in [6.07, 6.45) is 5.08. The minimum atomic E-state index is -0.0734. The maximum atomic E-state index is 12.9. The third-order valence-corrected chi connectivity index (χ3v) is 6.20. The minimum Gasteiger partial charge on any atom is -0.383 e. The molecule has 2 amide bonds. The molecule has 1 N–H and O–H groups in total. The van der Waals surface area contributed by atoms with Gasteiger partial charge in [0.1, 0.15) is 0 Å². The van der Waals surface area contributed by atoms with Crippen molar-refractivity contribution in [1.82, 2.24) is 20.0 Å². The Kier molecular flexibility index (Phi) is 10.2. The van der Waals surface area contributed by atoms with E-state index in [9.17, 15) is 9.59 Å². The molecule has 28 heavy (non-hydrogen) atoms. The quantitative estimate of drug-likeness (QED) is 0.568. The number of hydrogen-bond acceptors (Lipinski definition) is 5. The Morgan fingerprint density at radius 3 is 2.54 bits per heavy atom. The second kappa shape index (κ2) is 12.4. The average Bonchev–Trinajstić information content (AvgIpc) is 3.13. The molecule has 0 bridgehead atoms. The molecule has 2 fully saturated rings. The zero-order valence-corrected chi connectivity index (χ0v) is 18.1. The summed E-state index contributed by atoms with van der Waals surface area (Å²) < 4.78 is 5.19. The van der Waals surface area contributed by atoms with E-state index in [4.69, 9.17) is 4.74 Å². The Bertz CT molecular complexity index is 480. The van der Waals surface area contributed by atoms with Crippen LogP contribution >= 0.6 is 0 Å². The number of hydrogen-bond donors (Lipinski definition) is 1. The fourth-order valence-electron chi connectivity index (χ4n) is 4.48. The van der Waals surface area contributed by atoms with Crippen LogP contribution in [0.25, 0.3) is 0 Å². The summed E-state index contributed by atoms with van der Waals surface area (Å²) in [5.74, 6) is 0.675. The number of likely N-dealkylation sites (tertiary alicyclic amines) is 2. The van der Waals surface area contributed by atoms with Crippen LogP contribution in [0.3, 0.4) is 0 Å². The molecule has 0 radical (unpaired) electrons. The highest BCUT2D eigenvalue weighted by Gasteiger charge is 2.29. The molecule has 7 heteroatoms. The van der Waals surface area contributed by atoms with Crippen LogP contribution in [0.5, 0.6) is 0 Å². The Labute approximate surface area is 170 Å². The highest BCUT2D eigenvalue weighted by molar-refractivity contribution is 5.78. The van der Waals surface area contributed by atoms with Gasteiger partial charge in [-0.25, -0.2) is 0 Å². The largest absolute Gasteiger partial charge is 0.383 e. The Balaban J connectivity index is 1.88. The SMILES string of the molecule is CCN1CCC[C@H]1CN(CC1CCN(CCOC)CC1)C(=O)CCNC(C)=O. The summed E-state index contributed by atoms with van der Waals surface area (Å²) in [7, 11) is 1.75. The van der Waals surface area contributed by atoms with Gasteiger partial charge in [0.05, 0.1) is 6.61 Å². The molecule has 2 aliphatic rings. The number of likely N-dealkylation sites (N-methyl/N-ethyl adjacent to an activating group) is 1. The molecule has 0 spiro atoms. The second-order valence-electron chi connectivity index (χ2n) is 8.23. The van der Waals surface area contributed by atoms with E-state index < -0.39 is 0 Å². The van der Waals surface area contributed by atoms with E-state index in [-0.39, 0.29) is 11.8 Å². The molecule has 7 nitrogen and oxygen atoms in total. The fraction of sp³-hybridized carbons (Fsp3) is 0.905. The van der Waals surface area contributed by atoms with Gasteiger partial charge in [-0.15, -0.1) is 0 Å². The molecule has 0 aromatic carbocycles. The van der Waals surface area contributed by atoms with Gasteiger partial charge in [0.15, 0.2) is 0 Å². The number of nitrogens with one attached hydrogen (secondary N) is 1. The molecular formula is C21H40N4O3. The predicted molar refractivity (Wildman–Crippen MR) is 111 cm³/mol. The maximum Gasteiger partial charge on any atom is 0.224 e. The molecular weight excluding hydrogens is 356 g/mol. The van der Waals surface area contributed by atoms with Crippen LogP contribution in [0.2, 0.25) is 0 Å². The molecule has 2 saturated heterocycles. The van der Waals surface area contributed by atoms with Crippen LogP contribution in [0.15, 0.2) is 0 Å². The van der Waals surface area contributed by atoms with Crippen molar-refractivity contribution in [2.24, 2.45) is 5.92 Å². The normalized spacial score (nSPS) is 21.8. The smallest absolute Gasteiger partial charge is 0.224 e. The average molecular weight is 397 g/mol. The Morgan fingerprint density at radius 2 is 1.89 bits per heavy atom. The summed E-state index contributed by atoms with van der Waals surface area (Å²) >= 11 is 0. The first-order chi connectivity index (χ1) is 13.5. The van der Waals surface area contributed by atoms with Crippen LogP contribution in [-0.2, 0) is 14.3 Å². The Morgan fingerprint density at radius 1 is 1.14 bits per heavy atom. The van der Waals surface area contributed by atoms with Crippen molar-refractivity contribution in [1.29, 1.82) is 0 Å². The van der Waals surface area contributed by atoms with E-state index in [0.717, 1.165) is 65.3 Å². The number of carbonyl (C=O) groups excluding carboxylic acids is 2. The summed E-state index contributed by atoms with van der Waals surface area (Å²) in [5.41, 5.74) is 0. The second-order valence-corrected chi connectivity index (χ2v) is 8.23. The summed E-state index contributed by atoms with van der Waals surface area (Å²) in [6.45, 7) is 12.0. The van der Waals surface area contributed by atoms with Gasteiger partial charge < -0.3 is 19.9 Å². The molecule has 0 aromatic rings. The number of rotatable bonds is 11. The molecule has 2 rings (SSSR count). The lowest BCUT2D eigenvalue weighted by Gasteiger charge is -2.36. The first-order valence-electron chi connectivity index (χ1n) is 11.0. The van der Waals surface area contributed by atoms with Crippen LogP contribution in [-0.4, -0.2) is 98.6 Å². The molecule has 0 aliphatic carbocycles.